The lowest BCUT2D eigenvalue weighted by Crippen LogP contribution is -2.23. The van der Waals surface area contributed by atoms with E-state index < -0.39 is 28.7 Å². The Kier molecular flexibility index (Phi) is 5.30. The number of thioether (sulfide) groups is 1. The summed E-state index contributed by atoms with van der Waals surface area (Å²) in [4.78, 5) is 12.3. The molecular weight excluding hydrogens is 330 g/mol. The maximum absolute atomic E-state index is 13.5. The zero-order valence-electron chi connectivity index (χ0n) is 12.0. The monoisotopic (exact) mass is 343 g/mol. The van der Waals surface area contributed by atoms with Crippen molar-refractivity contribution in [1.82, 2.24) is 0 Å². The van der Waals surface area contributed by atoms with Crippen molar-refractivity contribution in [2.75, 3.05) is 5.32 Å². The Morgan fingerprint density at radius 3 is 2.48 bits per heavy atom. The number of carbonyl (C=O) groups is 1. The van der Waals surface area contributed by atoms with Crippen LogP contribution in [0.5, 0.6) is 0 Å². The van der Waals surface area contributed by atoms with Crippen molar-refractivity contribution in [3.63, 3.8) is 0 Å². The van der Waals surface area contributed by atoms with E-state index in [4.69, 9.17) is 0 Å². The van der Waals surface area contributed by atoms with Gasteiger partial charge in [-0.1, -0.05) is 18.2 Å². The van der Waals surface area contributed by atoms with Gasteiger partial charge in [0, 0.05) is 4.90 Å². The molecule has 23 heavy (non-hydrogen) atoms. The average Bonchev–Trinajstić information content (AvgIpc) is 2.49. The van der Waals surface area contributed by atoms with Gasteiger partial charge in [-0.15, -0.1) is 11.8 Å². The fourth-order valence-corrected chi connectivity index (χ4v) is 2.73. The van der Waals surface area contributed by atoms with Crippen molar-refractivity contribution in [2.24, 2.45) is 0 Å². The molecule has 0 heterocycles. The van der Waals surface area contributed by atoms with Gasteiger partial charge in [-0.2, -0.15) is 13.2 Å². The summed E-state index contributed by atoms with van der Waals surface area (Å²) in [5, 5.41) is 1.74. The molecule has 0 aliphatic rings. The molecule has 0 aliphatic carbocycles. The number of anilines is 1. The van der Waals surface area contributed by atoms with Gasteiger partial charge in [0.1, 0.15) is 5.82 Å². The number of carbonyl (C=O) groups excluding carboxylic acids is 1. The first-order chi connectivity index (χ1) is 10.8. The molecule has 0 spiro atoms. The number of benzene rings is 2. The molecule has 0 unspecified atom stereocenters. The van der Waals surface area contributed by atoms with Gasteiger partial charge in [0.2, 0.25) is 5.91 Å². The van der Waals surface area contributed by atoms with Crippen molar-refractivity contribution in [1.29, 1.82) is 0 Å². The van der Waals surface area contributed by atoms with Crippen LogP contribution in [0, 0.1) is 5.82 Å². The predicted octanol–water partition coefficient (Wildman–Crippen LogP) is 4.96. The molecule has 0 saturated heterocycles. The van der Waals surface area contributed by atoms with Crippen molar-refractivity contribution in [2.45, 2.75) is 23.2 Å². The van der Waals surface area contributed by atoms with E-state index in [9.17, 15) is 22.4 Å². The molecule has 0 radical (unpaired) electrons. The summed E-state index contributed by atoms with van der Waals surface area (Å²) in [5.74, 6) is -1.06. The van der Waals surface area contributed by atoms with Crippen LogP contribution < -0.4 is 5.32 Å². The zero-order chi connectivity index (χ0) is 17.0. The van der Waals surface area contributed by atoms with E-state index in [-0.39, 0.29) is 5.69 Å². The highest BCUT2D eigenvalue weighted by atomic mass is 32.2. The van der Waals surface area contributed by atoms with Crippen molar-refractivity contribution < 1.29 is 22.4 Å². The second-order valence-electron chi connectivity index (χ2n) is 4.75. The third-order valence-corrected chi connectivity index (χ3v) is 4.07. The second kappa shape index (κ2) is 7.04. The Hall–Kier alpha value is -2.02. The van der Waals surface area contributed by atoms with E-state index in [1.54, 1.807) is 13.0 Å². The molecule has 122 valence electrons. The molecule has 0 fully saturated rings. The first-order valence-electron chi connectivity index (χ1n) is 6.66. The molecule has 2 rings (SSSR count). The van der Waals surface area contributed by atoms with E-state index in [0.717, 1.165) is 23.9 Å². The Morgan fingerprint density at radius 1 is 1.13 bits per heavy atom. The van der Waals surface area contributed by atoms with Gasteiger partial charge in [0.15, 0.2) is 0 Å². The van der Waals surface area contributed by atoms with Gasteiger partial charge in [0.05, 0.1) is 16.5 Å². The largest absolute Gasteiger partial charge is 0.416 e. The Morgan fingerprint density at radius 2 is 1.83 bits per heavy atom. The van der Waals surface area contributed by atoms with Crippen LogP contribution in [0.1, 0.15) is 12.5 Å². The fraction of sp³-hybridized carbons (Fsp3) is 0.188. The first-order valence-corrected chi connectivity index (χ1v) is 7.54. The summed E-state index contributed by atoms with van der Waals surface area (Å²) < 4.78 is 51.5. The van der Waals surface area contributed by atoms with Gasteiger partial charge >= 0.3 is 6.18 Å². The summed E-state index contributed by atoms with van der Waals surface area (Å²) >= 11 is 0.973. The molecular formula is C16H13F4NOS. The van der Waals surface area contributed by atoms with Crippen LogP contribution in [0.4, 0.5) is 23.2 Å². The van der Waals surface area contributed by atoms with Gasteiger partial charge in [-0.05, 0) is 37.3 Å². The van der Waals surface area contributed by atoms with Crippen LogP contribution in [-0.2, 0) is 11.0 Å². The van der Waals surface area contributed by atoms with Gasteiger partial charge in [-0.25, -0.2) is 4.39 Å². The average molecular weight is 343 g/mol. The quantitative estimate of drug-likeness (QED) is 0.628. The SMILES string of the molecule is C[C@H](Sc1cccc(C(F)(F)F)c1)C(=O)Nc1ccccc1F. The van der Waals surface area contributed by atoms with Crippen LogP contribution in [0.15, 0.2) is 53.4 Å². The summed E-state index contributed by atoms with van der Waals surface area (Å²) in [6, 6.07) is 10.4. The Labute approximate surface area is 134 Å². The Bertz CT molecular complexity index is 702. The second-order valence-corrected chi connectivity index (χ2v) is 6.17. The van der Waals surface area contributed by atoms with E-state index in [1.807, 2.05) is 0 Å². The highest BCUT2D eigenvalue weighted by Gasteiger charge is 2.30. The van der Waals surface area contributed by atoms with Crippen molar-refractivity contribution in [3.8, 4) is 0 Å². The van der Waals surface area contributed by atoms with Gasteiger partial charge in [-0.3, -0.25) is 4.79 Å². The highest BCUT2D eigenvalue weighted by Crippen LogP contribution is 2.33. The van der Waals surface area contributed by atoms with Crippen LogP contribution >= 0.6 is 11.8 Å². The zero-order valence-corrected chi connectivity index (χ0v) is 12.8. The lowest BCUT2D eigenvalue weighted by atomic mass is 10.2. The maximum atomic E-state index is 13.5. The lowest BCUT2D eigenvalue weighted by molar-refractivity contribution is -0.137. The number of alkyl halides is 3. The smallest absolute Gasteiger partial charge is 0.323 e. The van der Waals surface area contributed by atoms with Crippen LogP contribution in [0.2, 0.25) is 0 Å². The van der Waals surface area contributed by atoms with Gasteiger partial charge < -0.3 is 5.32 Å². The molecule has 0 aliphatic heterocycles. The minimum absolute atomic E-state index is 0.0361. The molecule has 0 saturated carbocycles. The molecule has 1 N–H and O–H groups in total. The third kappa shape index (κ3) is 4.72. The highest BCUT2D eigenvalue weighted by molar-refractivity contribution is 8.00. The van der Waals surface area contributed by atoms with Crippen molar-refractivity contribution in [3.05, 3.63) is 59.9 Å². The number of rotatable bonds is 4. The van der Waals surface area contributed by atoms with E-state index >= 15 is 0 Å². The number of para-hydroxylation sites is 1. The summed E-state index contributed by atoms with van der Waals surface area (Å²) in [6.07, 6.45) is -4.44. The van der Waals surface area contributed by atoms with E-state index in [1.165, 1.54) is 30.3 Å². The van der Waals surface area contributed by atoms with Crippen LogP contribution in [0.25, 0.3) is 0 Å². The van der Waals surface area contributed by atoms with Crippen molar-refractivity contribution >= 4 is 23.4 Å². The Balaban J connectivity index is 2.05. The number of nitrogens with one attached hydrogen (secondary N) is 1. The van der Waals surface area contributed by atoms with Crippen LogP contribution in [-0.4, -0.2) is 11.2 Å². The topological polar surface area (TPSA) is 29.1 Å². The predicted molar refractivity (Wildman–Crippen MR) is 81.8 cm³/mol. The summed E-state index contributed by atoms with van der Waals surface area (Å²) in [5.41, 5.74) is -0.738. The molecule has 1 amide bonds. The molecule has 2 aromatic carbocycles. The third-order valence-electron chi connectivity index (χ3n) is 2.98. The van der Waals surface area contributed by atoms with Crippen LogP contribution in [0.3, 0.4) is 0 Å². The molecule has 0 aromatic heterocycles. The molecule has 0 bridgehead atoms. The number of hydrogen-bond acceptors (Lipinski definition) is 2. The standard InChI is InChI=1S/C16H13F4NOS/c1-10(15(22)21-14-8-3-2-7-13(14)17)23-12-6-4-5-11(9-12)16(18,19)20/h2-10H,1H3,(H,21,22)/t10-/m0/s1. The first kappa shape index (κ1) is 17.3. The normalized spacial score (nSPS) is 12.7. The lowest BCUT2D eigenvalue weighted by Gasteiger charge is -2.13. The maximum Gasteiger partial charge on any atom is 0.416 e. The molecule has 2 nitrogen and oxygen atoms in total. The van der Waals surface area contributed by atoms with E-state index in [0.29, 0.717) is 4.90 Å². The van der Waals surface area contributed by atoms with E-state index in [2.05, 4.69) is 5.32 Å². The molecule has 7 heteroatoms. The summed E-state index contributed by atoms with van der Waals surface area (Å²) in [7, 11) is 0. The minimum atomic E-state index is -4.44. The molecule has 1 atom stereocenters. The number of hydrogen-bond donors (Lipinski definition) is 1. The number of halogens is 4. The number of amides is 1. The summed E-state index contributed by atoms with van der Waals surface area (Å²) in [6.45, 7) is 1.54. The minimum Gasteiger partial charge on any atom is -0.323 e. The molecule has 2 aromatic rings. The fourth-order valence-electron chi connectivity index (χ4n) is 1.80. The van der Waals surface area contributed by atoms with Gasteiger partial charge in [0.25, 0.3) is 0 Å².